The van der Waals surface area contributed by atoms with E-state index in [9.17, 15) is 44.6 Å². The molecule has 14 heteroatoms. The molecule has 6 unspecified atom stereocenters. The van der Waals surface area contributed by atoms with Crippen molar-refractivity contribution in [3.63, 3.8) is 0 Å². The lowest BCUT2D eigenvalue weighted by atomic mass is 9.85. The van der Waals surface area contributed by atoms with Gasteiger partial charge in [-0.2, -0.15) is 0 Å². The van der Waals surface area contributed by atoms with E-state index >= 15 is 0 Å². The zero-order chi connectivity index (χ0) is 40.7. The molecule has 0 aromatic heterocycles. The van der Waals surface area contributed by atoms with E-state index in [4.69, 9.17) is 18.5 Å². The zero-order valence-corrected chi connectivity index (χ0v) is 35.1. The number of phosphoric ester groups is 1. The van der Waals surface area contributed by atoms with E-state index in [1.807, 2.05) is 0 Å². The van der Waals surface area contributed by atoms with Gasteiger partial charge in [0.2, 0.25) is 0 Å². The third kappa shape index (κ3) is 25.7. The molecule has 1 saturated carbocycles. The van der Waals surface area contributed by atoms with Gasteiger partial charge in [-0.3, -0.25) is 18.6 Å². The van der Waals surface area contributed by atoms with Crippen LogP contribution in [0.5, 0.6) is 0 Å². The number of rotatable bonds is 36. The van der Waals surface area contributed by atoms with E-state index in [0.717, 1.165) is 38.5 Å². The van der Waals surface area contributed by atoms with Gasteiger partial charge in [0, 0.05) is 12.8 Å². The lowest BCUT2D eigenvalue weighted by Crippen LogP contribution is -2.64. The van der Waals surface area contributed by atoms with E-state index < -0.39 is 75.7 Å². The van der Waals surface area contributed by atoms with E-state index in [2.05, 4.69) is 13.8 Å². The smallest absolute Gasteiger partial charge is 0.462 e. The van der Waals surface area contributed by atoms with Crippen molar-refractivity contribution in [2.75, 3.05) is 13.2 Å². The van der Waals surface area contributed by atoms with E-state index in [0.29, 0.717) is 12.8 Å². The molecule has 55 heavy (non-hydrogen) atoms. The highest BCUT2D eigenvalue weighted by Crippen LogP contribution is 2.47. The fourth-order valence-electron chi connectivity index (χ4n) is 6.88. The molecule has 1 aliphatic rings. The number of hydrogen-bond donors (Lipinski definition) is 6. The number of ether oxygens (including phenoxy) is 2. The van der Waals surface area contributed by atoms with Crippen LogP contribution >= 0.6 is 7.82 Å². The third-order valence-corrected chi connectivity index (χ3v) is 11.4. The minimum Gasteiger partial charge on any atom is -0.462 e. The van der Waals surface area contributed by atoms with Gasteiger partial charge >= 0.3 is 19.8 Å². The Bertz CT molecular complexity index is 985. The number of aliphatic hydroxyl groups excluding tert-OH is 5. The van der Waals surface area contributed by atoms with Crippen molar-refractivity contribution in [1.82, 2.24) is 0 Å². The minimum atomic E-state index is -5.10. The highest BCUT2D eigenvalue weighted by Gasteiger charge is 2.51. The molecule has 1 fully saturated rings. The maximum absolute atomic E-state index is 12.8. The van der Waals surface area contributed by atoms with Crippen LogP contribution < -0.4 is 0 Å². The van der Waals surface area contributed by atoms with Gasteiger partial charge in [0.25, 0.3) is 0 Å². The Hall–Kier alpha value is -1.15. The molecule has 0 bridgehead atoms. The van der Waals surface area contributed by atoms with Crippen LogP contribution in [0.2, 0.25) is 0 Å². The summed E-state index contributed by atoms with van der Waals surface area (Å²) < 4.78 is 33.4. The second kappa shape index (κ2) is 32.8. The first kappa shape index (κ1) is 51.9. The number of phosphoric acid groups is 1. The Morgan fingerprint density at radius 1 is 0.491 bits per heavy atom. The summed E-state index contributed by atoms with van der Waals surface area (Å²) in [4.78, 5) is 35.6. The summed E-state index contributed by atoms with van der Waals surface area (Å²) in [5.74, 6) is -1.09. The molecule has 1 aliphatic carbocycles. The molecule has 0 radical (unpaired) electrons. The van der Waals surface area contributed by atoms with E-state index in [1.54, 1.807) is 0 Å². The Labute approximate surface area is 331 Å². The zero-order valence-electron chi connectivity index (χ0n) is 34.2. The Morgan fingerprint density at radius 3 is 1.20 bits per heavy atom. The van der Waals surface area contributed by atoms with Gasteiger partial charge in [-0.05, 0) is 12.8 Å². The molecule has 0 aliphatic heterocycles. The van der Waals surface area contributed by atoms with Gasteiger partial charge in [0.15, 0.2) is 6.10 Å². The standard InChI is InChI=1S/C41H79O13P/c1-3-5-7-9-11-13-15-17-19-21-23-25-27-29-34(42)51-31-33(32-52-55(49,50)54-41-39(47)37(45)36(44)38(46)40(41)48)53-35(43)30-28-26-24-22-20-18-16-14-12-10-8-6-4-2/h33,36-41,44-48H,3-32H2,1-2H3,(H,49,50)/t33-,36?,37-,38?,39?,40?,41?/m1/s1. The molecular weight excluding hydrogens is 731 g/mol. The molecule has 326 valence electrons. The number of esters is 2. The number of carbonyl (C=O) groups is 2. The van der Waals surface area contributed by atoms with Crippen LogP contribution in [0.4, 0.5) is 0 Å². The molecule has 6 N–H and O–H groups in total. The van der Waals surface area contributed by atoms with Gasteiger partial charge < -0.3 is 39.9 Å². The fourth-order valence-corrected chi connectivity index (χ4v) is 7.85. The van der Waals surface area contributed by atoms with Gasteiger partial charge in [-0.25, -0.2) is 4.57 Å². The van der Waals surface area contributed by atoms with Crippen LogP contribution in [-0.2, 0) is 32.7 Å². The topological polar surface area (TPSA) is 210 Å². The maximum Gasteiger partial charge on any atom is 0.472 e. The lowest BCUT2D eigenvalue weighted by molar-refractivity contribution is -0.220. The third-order valence-electron chi connectivity index (χ3n) is 10.4. The van der Waals surface area contributed by atoms with Crippen molar-refractivity contribution < 1.29 is 63.1 Å². The number of carbonyl (C=O) groups excluding carboxylic acids is 2. The quantitative estimate of drug-likeness (QED) is 0.0204. The molecule has 0 aromatic carbocycles. The van der Waals surface area contributed by atoms with E-state index in [-0.39, 0.29) is 12.8 Å². The van der Waals surface area contributed by atoms with Crippen molar-refractivity contribution in [1.29, 1.82) is 0 Å². The van der Waals surface area contributed by atoms with Crippen LogP contribution in [0.15, 0.2) is 0 Å². The SMILES string of the molecule is CCCCCCCCCCCCCCCC(=O)OC[C@H](COP(=O)(O)OC1C(O)C(O)C(O)[C@@H](O)C1O)OC(=O)CCCCCCCCCCCCCCC. The summed E-state index contributed by atoms with van der Waals surface area (Å²) in [6.07, 6.45) is 17.3. The van der Waals surface area contributed by atoms with Gasteiger partial charge in [-0.1, -0.05) is 168 Å². The largest absolute Gasteiger partial charge is 0.472 e. The first-order chi connectivity index (χ1) is 26.4. The first-order valence-corrected chi connectivity index (χ1v) is 23.3. The fraction of sp³-hybridized carbons (Fsp3) is 0.951. The highest BCUT2D eigenvalue weighted by atomic mass is 31.2. The molecule has 0 saturated heterocycles. The predicted octanol–water partition coefficient (Wildman–Crippen LogP) is 7.72. The molecule has 8 atom stereocenters. The minimum absolute atomic E-state index is 0.104. The molecular formula is C41H79O13P. The van der Waals surface area contributed by atoms with Crippen molar-refractivity contribution in [2.45, 2.75) is 236 Å². The average Bonchev–Trinajstić information content (AvgIpc) is 3.16. The highest BCUT2D eigenvalue weighted by molar-refractivity contribution is 7.47. The van der Waals surface area contributed by atoms with Crippen molar-refractivity contribution >= 4 is 19.8 Å². The van der Waals surface area contributed by atoms with Gasteiger partial charge in [-0.15, -0.1) is 0 Å². The van der Waals surface area contributed by atoms with Gasteiger partial charge in [0.1, 0.15) is 43.2 Å². The predicted molar refractivity (Wildman–Crippen MR) is 212 cm³/mol. The van der Waals surface area contributed by atoms with E-state index in [1.165, 1.54) is 116 Å². The summed E-state index contributed by atoms with van der Waals surface area (Å²) in [6.45, 7) is 3.29. The average molecular weight is 811 g/mol. The number of hydrogen-bond acceptors (Lipinski definition) is 12. The summed E-state index contributed by atoms with van der Waals surface area (Å²) in [6, 6.07) is 0. The summed E-state index contributed by atoms with van der Waals surface area (Å²) in [7, 11) is -5.10. The van der Waals surface area contributed by atoms with Gasteiger partial charge in [0.05, 0.1) is 6.61 Å². The van der Waals surface area contributed by atoms with Crippen LogP contribution in [0.3, 0.4) is 0 Å². The first-order valence-electron chi connectivity index (χ1n) is 21.8. The Balaban J connectivity index is 2.48. The van der Waals surface area contributed by atoms with Crippen LogP contribution in [0.1, 0.15) is 194 Å². The molecule has 0 aromatic rings. The summed E-state index contributed by atoms with van der Waals surface area (Å²) in [5, 5.41) is 50.0. The number of unbranched alkanes of at least 4 members (excludes halogenated alkanes) is 24. The Kier molecular flexibility index (Phi) is 30.9. The molecule has 1 rings (SSSR count). The summed E-state index contributed by atoms with van der Waals surface area (Å²) >= 11 is 0. The van der Waals surface area contributed by atoms with Crippen molar-refractivity contribution in [3.8, 4) is 0 Å². The Morgan fingerprint density at radius 2 is 0.818 bits per heavy atom. The summed E-state index contributed by atoms with van der Waals surface area (Å²) in [5.41, 5.74) is 0. The molecule has 13 nitrogen and oxygen atoms in total. The van der Waals surface area contributed by atoms with Crippen LogP contribution in [0, 0.1) is 0 Å². The second-order valence-electron chi connectivity index (χ2n) is 15.6. The lowest BCUT2D eigenvalue weighted by Gasteiger charge is -2.41. The van der Waals surface area contributed by atoms with Crippen LogP contribution in [0.25, 0.3) is 0 Å². The normalized spacial score (nSPS) is 23.0. The van der Waals surface area contributed by atoms with Crippen molar-refractivity contribution in [2.24, 2.45) is 0 Å². The molecule has 0 heterocycles. The number of aliphatic hydroxyl groups is 5. The van der Waals surface area contributed by atoms with Crippen molar-refractivity contribution in [3.05, 3.63) is 0 Å². The maximum atomic E-state index is 12.8. The monoisotopic (exact) mass is 811 g/mol. The van der Waals surface area contributed by atoms with Crippen LogP contribution in [-0.4, -0.2) is 98.3 Å². The molecule has 0 amide bonds. The molecule has 0 spiro atoms. The second-order valence-corrected chi connectivity index (χ2v) is 17.0.